The Morgan fingerprint density at radius 2 is 1.96 bits per heavy atom. The van der Waals surface area contributed by atoms with Gasteiger partial charge in [0.05, 0.1) is 5.92 Å². The molecule has 0 saturated carbocycles. The molecule has 1 atom stereocenters. The van der Waals surface area contributed by atoms with Crippen molar-refractivity contribution in [3.8, 4) is 0 Å². The van der Waals surface area contributed by atoms with E-state index in [-0.39, 0.29) is 24.2 Å². The second-order valence-electron chi connectivity index (χ2n) is 6.56. The van der Waals surface area contributed by atoms with E-state index in [2.05, 4.69) is 5.32 Å². The maximum absolute atomic E-state index is 12.4. The van der Waals surface area contributed by atoms with Crippen LogP contribution in [-0.2, 0) is 9.53 Å². The molecule has 0 aliphatic carbocycles. The third-order valence-electron chi connectivity index (χ3n) is 4.85. The van der Waals surface area contributed by atoms with Gasteiger partial charge in [-0.25, -0.2) is 4.79 Å². The Kier molecular flexibility index (Phi) is 4.28. The van der Waals surface area contributed by atoms with Crippen LogP contribution in [-0.4, -0.2) is 24.3 Å². The number of ether oxygens (including phenoxy) is 1. The number of carbonyl (C=O) groups is 3. The number of ketones is 1. The first kappa shape index (κ1) is 17.4. The number of rotatable bonds is 4. The lowest BCUT2D eigenvalue weighted by Gasteiger charge is -2.06. The van der Waals surface area contributed by atoms with Crippen molar-refractivity contribution in [1.82, 2.24) is 0 Å². The Balaban J connectivity index is 1.48. The van der Waals surface area contributed by atoms with Gasteiger partial charge in [0.25, 0.3) is 0 Å². The minimum atomic E-state index is -0.492. The van der Waals surface area contributed by atoms with Gasteiger partial charge in [0.2, 0.25) is 5.91 Å². The van der Waals surface area contributed by atoms with Gasteiger partial charge in [0.1, 0.15) is 4.88 Å². The maximum Gasteiger partial charge on any atom is 0.349 e. The molecule has 2 heterocycles. The third-order valence-corrected chi connectivity index (χ3v) is 6.11. The van der Waals surface area contributed by atoms with Crippen LogP contribution < -0.4 is 5.32 Å². The first-order chi connectivity index (χ1) is 13.0. The van der Waals surface area contributed by atoms with E-state index >= 15 is 0 Å². The van der Waals surface area contributed by atoms with Crippen LogP contribution in [0.2, 0.25) is 0 Å². The summed E-state index contributed by atoms with van der Waals surface area (Å²) in [5.41, 5.74) is 2.81. The number of esters is 1. The number of carbonyl (C=O) groups excluding carboxylic acids is 3. The van der Waals surface area contributed by atoms with Gasteiger partial charge in [-0.05, 0) is 54.6 Å². The third kappa shape index (κ3) is 3.02. The Morgan fingerprint density at radius 1 is 1.19 bits per heavy atom. The first-order valence-corrected chi connectivity index (χ1v) is 9.40. The van der Waals surface area contributed by atoms with Gasteiger partial charge in [-0.3, -0.25) is 9.59 Å². The molecular formula is C21H17NO4S. The van der Waals surface area contributed by atoms with Crippen molar-refractivity contribution in [3.05, 3.63) is 64.0 Å². The fraction of sp³-hybridized carbons (Fsp3) is 0.190. The lowest BCUT2D eigenvalue weighted by Crippen LogP contribution is -2.14. The molecule has 2 aromatic carbocycles. The summed E-state index contributed by atoms with van der Waals surface area (Å²) in [6, 6.07) is 12.8. The second kappa shape index (κ2) is 6.63. The number of nitrogens with one attached hydrogen (secondary N) is 1. The highest BCUT2D eigenvalue weighted by atomic mass is 32.1. The van der Waals surface area contributed by atoms with E-state index < -0.39 is 5.97 Å². The van der Waals surface area contributed by atoms with Gasteiger partial charge >= 0.3 is 5.97 Å². The molecule has 0 fully saturated rings. The fourth-order valence-corrected chi connectivity index (χ4v) is 4.34. The van der Waals surface area contributed by atoms with Crippen LogP contribution in [0.5, 0.6) is 0 Å². The van der Waals surface area contributed by atoms with Crippen LogP contribution in [0, 0.1) is 6.92 Å². The van der Waals surface area contributed by atoms with Gasteiger partial charge in [-0.2, -0.15) is 0 Å². The monoisotopic (exact) mass is 379 g/mol. The summed E-state index contributed by atoms with van der Waals surface area (Å²) in [6.45, 7) is 3.34. The number of hydrogen-bond donors (Lipinski definition) is 1. The van der Waals surface area contributed by atoms with E-state index in [0.29, 0.717) is 10.4 Å². The van der Waals surface area contributed by atoms with Crippen molar-refractivity contribution >= 4 is 44.8 Å². The second-order valence-corrected chi connectivity index (χ2v) is 7.62. The van der Waals surface area contributed by atoms with Gasteiger partial charge < -0.3 is 10.1 Å². The van der Waals surface area contributed by atoms with Crippen molar-refractivity contribution in [2.75, 3.05) is 11.9 Å². The molecule has 5 nitrogen and oxygen atoms in total. The largest absolute Gasteiger partial charge is 0.453 e. The topological polar surface area (TPSA) is 72.5 Å². The van der Waals surface area contributed by atoms with E-state index in [4.69, 9.17) is 4.74 Å². The average molecular weight is 379 g/mol. The van der Waals surface area contributed by atoms with Crippen LogP contribution in [0.4, 0.5) is 5.69 Å². The zero-order valence-corrected chi connectivity index (χ0v) is 15.7. The number of aryl methyl sites for hydroxylation is 1. The van der Waals surface area contributed by atoms with E-state index in [1.807, 2.05) is 31.2 Å². The summed E-state index contributed by atoms with van der Waals surface area (Å²) in [4.78, 5) is 37.1. The SMILES string of the molecule is Cc1c(C(=O)OCC(=O)c2ccc3c(c2)[C@H](C)C(=O)N3)sc2ccccc12. The highest BCUT2D eigenvalue weighted by Crippen LogP contribution is 2.33. The molecule has 4 rings (SSSR count). The zero-order valence-electron chi connectivity index (χ0n) is 14.9. The Morgan fingerprint density at radius 3 is 2.74 bits per heavy atom. The molecular weight excluding hydrogens is 362 g/mol. The molecule has 0 radical (unpaired) electrons. The molecule has 27 heavy (non-hydrogen) atoms. The highest BCUT2D eigenvalue weighted by molar-refractivity contribution is 7.21. The quantitative estimate of drug-likeness (QED) is 0.542. The lowest BCUT2D eigenvalue weighted by atomic mass is 9.99. The minimum absolute atomic E-state index is 0.0822. The fourth-order valence-electron chi connectivity index (χ4n) is 3.24. The molecule has 1 aromatic heterocycles. The summed E-state index contributed by atoms with van der Waals surface area (Å²) in [6.07, 6.45) is 0. The smallest absolute Gasteiger partial charge is 0.349 e. The lowest BCUT2D eigenvalue weighted by molar-refractivity contribution is -0.116. The molecule has 3 aromatic rings. The predicted molar refractivity (Wildman–Crippen MR) is 105 cm³/mol. The van der Waals surface area contributed by atoms with Gasteiger partial charge in [-0.15, -0.1) is 11.3 Å². The first-order valence-electron chi connectivity index (χ1n) is 8.59. The summed E-state index contributed by atoms with van der Waals surface area (Å²) in [5, 5.41) is 3.79. The van der Waals surface area contributed by atoms with E-state index in [9.17, 15) is 14.4 Å². The minimum Gasteiger partial charge on any atom is -0.453 e. The predicted octanol–water partition coefficient (Wildman–Crippen LogP) is 4.31. The van der Waals surface area contributed by atoms with E-state index in [0.717, 1.165) is 26.9 Å². The molecule has 0 unspecified atom stereocenters. The number of thiophene rings is 1. The van der Waals surface area contributed by atoms with Gasteiger partial charge in [0, 0.05) is 16.0 Å². The molecule has 0 bridgehead atoms. The summed E-state index contributed by atoms with van der Waals surface area (Å²) < 4.78 is 6.27. The molecule has 1 aliphatic heterocycles. The average Bonchev–Trinajstić information content (AvgIpc) is 3.16. The molecule has 1 N–H and O–H groups in total. The van der Waals surface area contributed by atoms with Gasteiger partial charge in [0.15, 0.2) is 12.4 Å². The van der Waals surface area contributed by atoms with Crippen molar-refractivity contribution in [1.29, 1.82) is 0 Å². The Labute approximate surface area is 160 Å². The van der Waals surface area contributed by atoms with Crippen molar-refractivity contribution in [2.24, 2.45) is 0 Å². The number of Topliss-reactive ketones (excluding diaryl/α,β-unsaturated/α-hetero) is 1. The van der Waals surface area contributed by atoms with E-state index in [1.165, 1.54) is 11.3 Å². The normalized spacial score (nSPS) is 15.5. The molecule has 1 aliphatic rings. The Hall–Kier alpha value is -2.99. The Bertz CT molecular complexity index is 1100. The van der Waals surface area contributed by atoms with Crippen LogP contribution in [0.3, 0.4) is 0 Å². The van der Waals surface area contributed by atoms with E-state index in [1.54, 1.807) is 25.1 Å². The zero-order chi connectivity index (χ0) is 19.1. The van der Waals surface area contributed by atoms with Gasteiger partial charge in [-0.1, -0.05) is 18.2 Å². The summed E-state index contributed by atoms with van der Waals surface area (Å²) in [5.74, 6) is -1.16. The number of amides is 1. The van der Waals surface area contributed by atoms with Crippen LogP contribution in [0.15, 0.2) is 42.5 Å². The maximum atomic E-state index is 12.4. The molecule has 0 spiro atoms. The number of hydrogen-bond acceptors (Lipinski definition) is 5. The molecule has 1 amide bonds. The standard InChI is InChI=1S/C21H17NO4S/c1-11-14-5-3-4-6-18(14)27-19(11)21(25)26-10-17(23)13-7-8-16-15(9-13)12(2)20(24)22-16/h3-9,12H,10H2,1-2H3,(H,22,24)/t12-/m0/s1. The summed E-state index contributed by atoms with van der Waals surface area (Å²) in [7, 11) is 0. The number of fused-ring (bicyclic) bond motifs is 2. The van der Waals surface area contributed by atoms with Crippen LogP contribution in [0.1, 0.15) is 44.0 Å². The summed E-state index contributed by atoms with van der Waals surface area (Å²) >= 11 is 1.36. The molecule has 6 heteroatoms. The number of benzene rings is 2. The van der Waals surface area contributed by atoms with Crippen molar-refractivity contribution < 1.29 is 19.1 Å². The van der Waals surface area contributed by atoms with Crippen molar-refractivity contribution in [3.63, 3.8) is 0 Å². The number of anilines is 1. The van der Waals surface area contributed by atoms with Crippen LogP contribution >= 0.6 is 11.3 Å². The van der Waals surface area contributed by atoms with Crippen molar-refractivity contribution in [2.45, 2.75) is 19.8 Å². The molecule has 0 saturated heterocycles. The molecule has 136 valence electrons. The van der Waals surface area contributed by atoms with Crippen LogP contribution in [0.25, 0.3) is 10.1 Å². The highest BCUT2D eigenvalue weighted by Gasteiger charge is 2.27.